The number of aliphatic hydroxyl groups excluding tert-OH is 1. The van der Waals surface area contributed by atoms with E-state index in [1.807, 2.05) is 176 Å². The quantitative estimate of drug-likeness (QED) is 0.0853. The normalized spacial score (nSPS) is 10.7. The molecule has 0 atom stereocenters. The van der Waals surface area contributed by atoms with Crippen LogP contribution < -0.4 is 0 Å². The SMILES string of the molecule is CC(=O)C=C(C)O.CC(C)(C)c1ccnc(-c2[c-]cccc2)c1.CC(C)Cc1cccc2c1oc1c(-c3ccccn3)[c-]ccc12.Cc1cc(C)cc(-c2ccnc(-c3[c-]cccc3)c2)c1.[Ir].[Ir].[Ir].[c-]1ccc2c(oc3ccccc32)c1-c1ccccn1.[c-]1ccccc1-c1ccccn1. The average molecular weight is 1840 g/mol. The van der Waals surface area contributed by atoms with Crippen molar-refractivity contribution >= 4 is 49.7 Å². The van der Waals surface area contributed by atoms with E-state index in [9.17, 15) is 4.79 Å². The number of aliphatic hydroxyl groups is 1. The van der Waals surface area contributed by atoms with E-state index in [0.717, 1.165) is 101 Å². The van der Waals surface area contributed by atoms with Gasteiger partial charge in [0.05, 0.1) is 16.9 Å². The Morgan fingerprint density at radius 3 is 1.39 bits per heavy atom. The summed E-state index contributed by atoms with van der Waals surface area (Å²) in [4.78, 5) is 31.9. The predicted octanol–water partition coefficient (Wildman–Crippen LogP) is 22.4. The molecule has 0 aliphatic carbocycles. The fourth-order valence-electron chi connectivity index (χ4n) is 10.9. The van der Waals surface area contributed by atoms with Crippen LogP contribution in [-0.4, -0.2) is 35.8 Å². The summed E-state index contributed by atoms with van der Waals surface area (Å²) in [7, 11) is 0. The van der Waals surface area contributed by atoms with Gasteiger partial charge in [-0.25, -0.2) is 0 Å². The Labute approximate surface area is 628 Å². The number of aromatic nitrogens is 5. The molecular formula is C88H76Ir3N5O4-5. The van der Waals surface area contributed by atoms with Gasteiger partial charge < -0.3 is 38.9 Å². The second kappa shape index (κ2) is 38.0. The molecule has 15 aromatic rings. The molecule has 0 amide bonds. The summed E-state index contributed by atoms with van der Waals surface area (Å²) in [5, 5.41) is 12.9. The number of hydrogen-bond acceptors (Lipinski definition) is 9. The molecule has 3 radical (unpaired) electrons. The van der Waals surface area contributed by atoms with Gasteiger partial charge in [-0.15, -0.1) is 144 Å². The minimum atomic E-state index is -0.125. The molecule has 100 heavy (non-hydrogen) atoms. The smallest absolute Gasteiger partial charge is 0.155 e. The van der Waals surface area contributed by atoms with E-state index in [1.165, 1.54) is 58.7 Å². The van der Waals surface area contributed by atoms with Crippen molar-refractivity contribution in [3.8, 4) is 67.4 Å². The van der Waals surface area contributed by atoms with E-state index in [1.54, 1.807) is 18.6 Å². The molecule has 7 aromatic heterocycles. The van der Waals surface area contributed by atoms with E-state index < -0.39 is 0 Å². The number of aryl methyl sites for hydroxylation is 2. The van der Waals surface area contributed by atoms with E-state index >= 15 is 0 Å². The van der Waals surface area contributed by atoms with Crippen LogP contribution in [0.1, 0.15) is 70.7 Å². The van der Waals surface area contributed by atoms with Gasteiger partial charge in [-0.2, -0.15) is 0 Å². The summed E-state index contributed by atoms with van der Waals surface area (Å²) in [5.41, 5.74) is 21.0. The largest absolute Gasteiger partial charge is 0.512 e. The Balaban J connectivity index is 0.000000172. The van der Waals surface area contributed by atoms with Crippen molar-refractivity contribution in [2.75, 3.05) is 0 Å². The molecule has 15 rings (SSSR count). The van der Waals surface area contributed by atoms with Crippen LogP contribution in [0, 0.1) is 50.1 Å². The Kier molecular flexibility index (Phi) is 29.5. The van der Waals surface area contributed by atoms with Crippen LogP contribution >= 0.6 is 0 Å². The number of benzene rings is 8. The summed E-state index contributed by atoms with van der Waals surface area (Å²) in [6.07, 6.45) is 11.3. The molecule has 9 nitrogen and oxygen atoms in total. The number of allylic oxidation sites excluding steroid dienone is 2. The van der Waals surface area contributed by atoms with Gasteiger partial charge in [-0.3, -0.25) is 4.79 Å². The first kappa shape index (κ1) is 77.6. The summed E-state index contributed by atoms with van der Waals surface area (Å²) in [5.74, 6) is 0.531. The third-order valence-electron chi connectivity index (χ3n) is 15.3. The third-order valence-corrected chi connectivity index (χ3v) is 15.3. The molecule has 0 saturated heterocycles. The van der Waals surface area contributed by atoms with Crippen molar-refractivity contribution < 1.29 is 79.1 Å². The second-order valence-electron chi connectivity index (χ2n) is 24.6. The van der Waals surface area contributed by atoms with Gasteiger partial charge >= 0.3 is 0 Å². The van der Waals surface area contributed by atoms with Gasteiger partial charge in [0, 0.05) is 108 Å². The maximum atomic E-state index is 10.0. The number of carbonyl (C=O) groups excluding carboxylic acids is 1. The number of pyridine rings is 5. The number of hydrogen-bond donors (Lipinski definition) is 1. The van der Waals surface area contributed by atoms with Crippen molar-refractivity contribution in [1.29, 1.82) is 0 Å². The number of rotatable bonds is 9. The summed E-state index contributed by atoms with van der Waals surface area (Å²) < 4.78 is 12.3. The van der Waals surface area contributed by atoms with Crippen LogP contribution in [-0.2, 0) is 76.9 Å². The summed E-state index contributed by atoms with van der Waals surface area (Å²) >= 11 is 0. The molecule has 12 heteroatoms. The van der Waals surface area contributed by atoms with Gasteiger partial charge in [0.25, 0.3) is 0 Å². The number of fused-ring (bicyclic) bond motifs is 6. The molecule has 0 saturated carbocycles. The number of ketones is 1. The maximum Gasteiger partial charge on any atom is 0.155 e. The van der Waals surface area contributed by atoms with Crippen LogP contribution in [0.3, 0.4) is 0 Å². The van der Waals surface area contributed by atoms with Crippen LogP contribution in [0.4, 0.5) is 0 Å². The Morgan fingerprint density at radius 1 is 0.440 bits per heavy atom. The van der Waals surface area contributed by atoms with Crippen molar-refractivity contribution in [2.45, 2.75) is 74.1 Å². The topological polar surface area (TPSA) is 128 Å². The van der Waals surface area contributed by atoms with Gasteiger partial charge in [0.2, 0.25) is 0 Å². The second-order valence-corrected chi connectivity index (χ2v) is 24.6. The summed E-state index contributed by atoms with van der Waals surface area (Å²) in [6.45, 7) is 18.2. The third kappa shape index (κ3) is 21.4. The van der Waals surface area contributed by atoms with E-state index in [-0.39, 0.29) is 77.3 Å². The Morgan fingerprint density at radius 2 is 0.900 bits per heavy atom. The molecule has 509 valence electrons. The monoisotopic (exact) mass is 1850 g/mol. The first-order chi connectivity index (χ1) is 47.1. The first-order valence-electron chi connectivity index (χ1n) is 32.3. The zero-order valence-electron chi connectivity index (χ0n) is 57.2. The van der Waals surface area contributed by atoms with Crippen LogP contribution in [0.15, 0.2) is 288 Å². The van der Waals surface area contributed by atoms with Crippen LogP contribution in [0.5, 0.6) is 0 Å². The average Bonchev–Trinajstić information content (AvgIpc) is 1.60. The molecular weight excluding hydrogens is 1770 g/mol. The minimum Gasteiger partial charge on any atom is -0.512 e. The molecule has 0 aliphatic rings. The number of furan rings is 2. The summed E-state index contributed by atoms with van der Waals surface area (Å²) in [6, 6.07) is 94.9. The molecule has 0 spiro atoms. The standard InChI is InChI=1S/C21H18NO.C19H16N.C17H10NO.C15H16N.C11H8N.C5H8O2.3Ir/c1-14(2)13-15-7-5-8-16-17-9-6-10-18(21(17)23-20(15)16)19-11-3-4-12-22-19;1-14-10-15(2)12-18(11-14)17-8-9-20-19(13-17)16-6-4-3-5-7-16;1-2-10-16-12(6-1)13-7-5-8-14(17(13)19-16)15-9-3-4-11-18-15;1-15(2,3)13-9-10-16-14(11-13)12-7-5-4-6-8-12;1-2-6-10(7-3-1)11-8-4-5-9-12-11;1-4(6)3-5(2)7;;;/h3-9,11-12,14H,13H2,1-2H3;3-6,8-13H,1-2H3;1-7,9-11H;4-7,9-11H,1-3H3;1-6,8-9H;3,6H,1-2H3;;;/q5*-1;;;;. The van der Waals surface area contributed by atoms with Crippen molar-refractivity contribution in [1.82, 2.24) is 24.9 Å². The molecule has 0 aliphatic heterocycles. The molecule has 0 unspecified atom stereocenters. The Hall–Kier alpha value is -9.73. The Bertz CT molecular complexity index is 4980. The fourth-order valence-corrected chi connectivity index (χ4v) is 10.9. The van der Waals surface area contributed by atoms with Crippen molar-refractivity contribution in [3.63, 3.8) is 0 Å². The van der Waals surface area contributed by atoms with E-state index in [4.69, 9.17) is 13.9 Å². The zero-order valence-corrected chi connectivity index (χ0v) is 64.4. The van der Waals surface area contributed by atoms with Gasteiger partial charge in [0.15, 0.2) is 5.78 Å². The van der Waals surface area contributed by atoms with Gasteiger partial charge in [-0.05, 0) is 133 Å². The van der Waals surface area contributed by atoms with E-state index in [0.29, 0.717) is 5.92 Å². The minimum absolute atomic E-state index is 0. The number of nitrogens with zero attached hydrogens (tertiary/aromatic N) is 5. The predicted molar refractivity (Wildman–Crippen MR) is 396 cm³/mol. The maximum absolute atomic E-state index is 10.0. The van der Waals surface area contributed by atoms with Crippen LogP contribution in [0.25, 0.3) is 111 Å². The zero-order chi connectivity index (χ0) is 68.1. The van der Waals surface area contributed by atoms with E-state index in [2.05, 4.69) is 177 Å². The molecule has 0 fully saturated rings. The number of para-hydroxylation sites is 2. The molecule has 8 aromatic carbocycles. The van der Waals surface area contributed by atoms with Gasteiger partial charge in [0.1, 0.15) is 11.2 Å². The fraction of sp³-hybridized carbons (Fsp3) is 0.136. The number of carbonyl (C=O) groups is 1. The van der Waals surface area contributed by atoms with Crippen LogP contribution in [0.2, 0.25) is 0 Å². The molecule has 7 heterocycles. The van der Waals surface area contributed by atoms with Crippen molar-refractivity contribution in [2.24, 2.45) is 5.92 Å². The molecule has 1 N–H and O–H groups in total. The van der Waals surface area contributed by atoms with Gasteiger partial charge in [-0.1, -0.05) is 171 Å². The first-order valence-corrected chi connectivity index (χ1v) is 32.3. The van der Waals surface area contributed by atoms with Crippen molar-refractivity contribution in [3.05, 3.63) is 332 Å². The molecule has 0 bridgehead atoms.